The molecule has 0 saturated heterocycles. The minimum atomic E-state index is -0.228. The van der Waals surface area contributed by atoms with Gasteiger partial charge in [0.2, 0.25) is 0 Å². The highest BCUT2D eigenvalue weighted by Gasteiger charge is 2.02. The highest BCUT2D eigenvalue weighted by Crippen LogP contribution is 2.12. The maximum absolute atomic E-state index is 11.8. The van der Waals surface area contributed by atoms with Crippen molar-refractivity contribution >= 4 is 23.2 Å². The number of hydrogen-bond acceptors (Lipinski definition) is 5. The molecule has 0 bridgehead atoms. The number of hydrogen-bond donors (Lipinski definition) is 3. The van der Waals surface area contributed by atoms with Crippen molar-refractivity contribution in [3.05, 3.63) is 42.1 Å². The summed E-state index contributed by atoms with van der Waals surface area (Å²) in [4.78, 5) is 13.8. The number of aromatic nitrogens is 2. The van der Waals surface area contributed by atoms with Crippen LogP contribution < -0.4 is 20.9 Å². The van der Waals surface area contributed by atoms with E-state index in [-0.39, 0.29) is 6.03 Å². The zero-order valence-corrected chi connectivity index (χ0v) is 14.3. The number of aryl methyl sites for hydroxylation is 1. The van der Waals surface area contributed by atoms with Gasteiger partial charge in [0, 0.05) is 38.9 Å². The van der Waals surface area contributed by atoms with Gasteiger partial charge in [0.15, 0.2) is 5.82 Å². The van der Waals surface area contributed by atoms with Crippen LogP contribution in [0.15, 0.2) is 36.5 Å². The Kier molecular flexibility index (Phi) is 6.36. The zero-order valence-electron chi connectivity index (χ0n) is 14.3. The number of benzene rings is 1. The molecular formula is C17H24N6O. The molecule has 0 atom stereocenters. The van der Waals surface area contributed by atoms with E-state index in [1.54, 1.807) is 6.20 Å². The van der Waals surface area contributed by atoms with E-state index >= 15 is 0 Å². The molecule has 7 nitrogen and oxygen atoms in total. The van der Waals surface area contributed by atoms with Crippen molar-refractivity contribution in [3.63, 3.8) is 0 Å². The summed E-state index contributed by atoms with van der Waals surface area (Å²) in [5.41, 5.74) is 2.99. The van der Waals surface area contributed by atoms with E-state index < -0.39 is 0 Å². The summed E-state index contributed by atoms with van der Waals surface area (Å²) in [6.45, 7) is 3.14. The molecule has 7 heteroatoms. The van der Waals surface area contributed by atoms with Crippen molar-refractivity contribution in [2.75, 3.05) is 42.7 Å². The molecule has 1 heterocycles. The summed E-state index contributed by atoms with van der Waals surface area (Å²) in [6, 6.07) is 9.50. The van der Waals surface area contributed by atoms with Crippen molar-refractivity contribution in [2.24, 2.45) is 0 Å². The summed E-state index contributed by atoms with van der Waals surface area (Å²) >= 11 is 0. The first kappa shape index (κ1) is 17.5. The lowest BCUT2D eigenvalue weighted by molar-refractivity contribution is 0.252. The summed E-state index contributed by atoms with van der Waals surface area (Å²) in [5, 5.41) is 16.7. The predicted molar refractivity (Wildman–Crippen MR) is 97.7 cm³/mol. The van der Waals surface area contributed by atoms with E-state index in [0.717, 1.165) is 17.8 Å². The van der Waals surface area contributed by atoms with Crippen molar-refractivity contribution < 1.29 is 4.79 Å². The second-order valence-corrected chi connectivity index (χ2v) is 5.55. The minimum Gasteiger partial charge on any atom is -0.376 e. The molecule has 1 aromatic heterocycles. The van der Waals surface area contributed by atoms with E-state index in [1.807, 2.05) is 49.3 Å². The molecule has 0 fully saturated rings. The molecule has 0 radical (unpaired) electrons. The van der Waals surface area contributed by atoms with Crippen molar-refractivity contribution in [2.45, 2.75) is 13.3 Å². The summed E-state index contributed by atoms with van der Waals surface area (Å²) in [7, 11) is 3.89. The molecule has 2 rings (SSSR count). The van der Waals surface area contributed by atoms with Gasteiger partial charge in [0.05, 0.1) is 11.9 Å². The normalized spacial score (nSPS) is 10.1. The monoisotopic (exact) mass is 328 g/mol. The first-order valence-corrected chi connectivity index (χ1v) is 7.96. The van der Waals surface area contributed by atoms with Gasteiger partial charge < -0.3 is 20.9 Å². The number of rotatable bonds is 7. The molecular weight excluding hydrogens is 304 g/mol. The van der Waals surface area contributed by atoms with Gasteiger partial charge in [0.1, 0.15) is 0 Å². The molecule has 24 heavy (non-hydrogen) atoms. The fraction of sp³-hybridized carbons (Fsp3) is 0.353. The largest absolute Gasteiger partial charge is 0.376 e. The van der Waals surface area contributed by atoms with Gasteiger partial charge in [-0.1, -0.05) is 19.1 Å². The molecule has 0 unspecified atom stereocenters. The Morgan fingerprint density at radius 2 is 1.92 bits per heavy atom. The van der Waals surface area contributed by atoms with Crippen LogP contribution in [0.25, 0.3) is 0 Å². The van der Waals surface area contributed by atoms with Crippen LogP contribution in [0, 0.1) is 0 Å². The van der Waals surface area contributed by atoms with Crippen LogP contribution >= 0.6 is 0 Å². The Hall–Kier alpha value is -2.83. The Balaban J connectivity index is 1.71. The van der Waals surface area contributed by atoms with Gasteiger partial charge in [0.25, 0.3) is 0 Å². The molecule has 0 aliphatic rings. The van der Waals surface area contributed by atoms with Crippen LogP contribution in [0.3, 0.4) is 0 Å². The van der Waals surface area contributed by atoms with Crippen molar-refractivity contribution in [3.8, 4) is 0 Å². The molecule has 128 valence electrons. The third-order valence-electron chi connectivity index (χ3n) is 3.49. The number of anilines is 3. The van der Waals surface area contributed by atoms with E-state index in [9.17, 15) is 4.79 Å². The molecule has 0 saturated carbocycles. The predicted octanol–water partition coefficient (Wildman–Crippen LogP) is 2.34. The standard InChI is InChI=1S/C17H24N6O/c1-4-13-5-7-14(8-6-13)21-17(24)19-10-9-18-16-11-15(23(2)3)12-20-22-16/h5-8,11-12H,4,9-10H2,1-3H3,(H,18,22)(H2,19,21,24). The SMILES string of the molecule is CCc1ccc(NC(=O)NCCNc2cc(N(C)C)cnn2)cc1. The molecule has 2 amide bonds. The molecule has 2 aromatic rings. The third-order valence-corrected chi connectivity index (χ3v) is 3.49. The average Bonchev–Trinajstić information content (AvgIpc) is 2.59. The minimum absolute atomic E-state index is 0.228. The molecule has 3 N–H and O–H groups in total. The Bertz CT molecular complexity index is 656. The van der Waals surface area contributed by atoms with Gasteiger partial charge >= 0.3 is 6.03 Å². The van der Waals surface area contributed by atoms with Gasteiger partial charge in [-0.2, -0.15) is 5.10 Å². The van der Waals surface area contributed by atoms with Crippen molar-refractivity contribution in [1.82, 2.24) is 15.5 Å². The van der Waals surface area contributed by atoms with Crippen LogP contribution in [0.4, 0.5) is 22.0 Å². The maximum Gasteiger partial charge on any atom is 0.319 e. The second-order valence-electron chi connectivity index (χ2n) is 5.55. The fourth-order valence-electron chi connectivity index (χ4n) is 2.05. The average molecular weight is 328 g/mol. The number of carbonyl (C=O) groups excluding carboxylic acids is 1. The van der Waals surface area contributed by atoms with Gasteiger partial charge in [-0.3, -0.25) is 0 Å². The van der Waals surface area contributed by atoms with E-state index in [2.05, 4.69) is 33.1 Å². The molecule has 0 aliphatic heterocycles. The van der Waals surface area contributed by atoms with Crippen LogP contribution in [0.1, 0.15) is 12.5 Å². The van der Waals surface area contributed by atoms with Gasteiger partial charge in [-0.15, -0.1) is 5.10 Å². The lowest BCUT2D eigenvalue weighted by Gasteiger charge is -2.13. The lowest BCUT2D eigenvalue weighted by Crippen LogP contribution is -2.32. The number of nitrogens with one attached hydrogen (secondary N) is 3. The molecule has 0 aliphatic carbocycles. The highest BCUT2D eigenvalue weighted by atomic mass is 16.2. The quantitative estimate of drug-likeness (QED) is 0.680. The van der Waals surface area contributed by atoms with E-state index in [0.29, 0.717) is 18.9 Å². The highest BCUT2D eigenvalue weighted by molar-refractivity contribution is 5.89. The summed E-state index contributed by atoms with van der Waals surface area (Å²) in [6.07, 6.45) is 2.68. The summed E-state index contributed by atoms with van der Waals surface area (Å²) < 4.78 is 0. The summed E-state index contributed by atoms with van der Waals surface area (Å²) in [5.74, 6) is 0.679. The van der Waals surface area contributed by atoms with Crippen LogP contribution in [0.2, 0.25) is 0 Å². The molecule has 0 spiro atoms. The first-order chi connectivity index (χ1) is 11.6. The van der Waals surface area contributed by atoms with Crippen LogP contribution in [0.5, 0.6) is 0 Å². The smallest absolute Gasteiger partial charge is 0.319 e. The number of amides is 2. The lowest BCUT2D eigenvalue weighted by atomic mass is 10.1. The number of carbonyl (C=O) groups is 1. The van der Waals surface area contributed by atoms with E-state index in [1.165, 1.54) is 5.56 Å². The molecule has 1 aromatic carbocycles. The van der Waals surface area contributed by atoms with Crippen LogP contribution in [-0.4, -0.2) is 43.4 Å². The zero-order chi connectivity index (χ0) is 17.4. The van der Waals surface area contributed by atoms with Crippen LogP contribution in [-0.2, 0) is 6.42 Å². The van der Waals surface area contributed by atoms with E-state index in [4.69, 9.17) is 0 Å². The van der Waals surface area contributed by atoms with Gasteiger partial charge in [-0.05, 0) is 24.1 Å². The third kappa shape index (κ3) is 5.42. The number of nitrogens with zero attached hydrogens (tertiary/aromatic N) is 3. The Morgan fingerprint density at radius 1 is 1.17 bits per heavy atom. The first-order valence-electron chi connectivity index (χ1n) is 7.96. The van der Waals surface area contributed by atoms with Gasteiger partial charge in [-0.25, -0.2) is 4.79 Å². The Labute approximate surface area is 142 Å². The number of urea groups is 1. The Morgan fingerprint density at radius 3 is 2.58 bits per heavy atom. The maximum atomic E-state index is 11.8. The van der Waals surface area contributed by atoms with Crippen molar-refractivity contribution in [1.29, 1.82) is 0 Å². The second kappa shape index (κ2) is 8.71. The fourth-order valence-corrected chi connectivity index (χ4v) is 2.05. The topological polar surface area (TPSA) is 82.2 Å².